The van der Waals surface area contributed by atoms with Crippen LogP contribution in [0, 0.1) is 12.8 Å². The van der Waals surface area contributed by atoms with E-state index in [1.165, 1.54) is 11.3 Å². The maximum absolute atomic E-state index is 13.1. The van der Waals surface area contributed by atoms with Crippen LogP contribution in [0.2, 0.25) is 0 Å². The summed E-state index contributed by atoms with van der Waals surface area (Å²) < 4.78 is 1.83. The summed E-state index contributed by atoms with van der Waals surface area (Å²) in [5.41, 5.74) is 2.67. The van der Waals surface area contributed by atoms with E-state index in [0.717, 1.165) is 48.3 Å². The van der Waals surface area contributed by atoms with E-state index in [2.05, 4.69) is 24.5 Å². The van der Waals surface area contributed by atoms with Gasteiger partial charge in [-0.25, -0.2) is 9.78 Å². The third-order valence-electron chi connectivity index (χ3n) is 5.71. The number of hydrogen-bond donors (Lipinski definition) is 2. The minimum Gasteiger partial charge on any atom is -0.307 e. The quantitative estimate of drug-likeness (QED) is 0.642. The number of fused-ring (bicyclic) bond motifs is 2. The molecule has 0 spiro atoms. The van der Waals surface area contributed by atoms with Crippen molar-refractivity contribution < 1.29 is 4.79 Å². The highest BCUT2D eigenvalue weighted by Crippen LogP contribution is 2.33. The third kappa shape index (κ3) is 3.79. The Kier molecular flexibility index (Phi) is 5.41. The topological polar surface area (TPSA) is 76.0 Å². The molecule has 6 nitrogen and oxygen atoms in total. The number of para-hydroxylation sites is 1. The highest BCUT2D eigenvalue weighted by Gasteiger charge is 2.21. The minimum absolute atomic E-state index is 0.0117. The van der Waals surface area contributed by atoms with Crippen molar-refractivity contribution in [1.82, 2.24) is 9.55 Å². The first-order chi connectivity index (χ1) is 14.0. The molecule has 1 aliphatic heterocycles. The number of nitrogens with one attached hydrogen (secondary N) is 2. The van der Waals surface area contributed by atoms with Crippen LogP contribution < -0.4 is 16.2 Å². The van der Waals surface area contributed by atoms with Crippen LogP contribution >= 0.6 is 11.3 Å². The van der Waals surface area contributed by atoms with Crippen molar-refractivity contribution in [3.63, 3.8) is 0 Å². The summed E-state index contributed by atoms with van der Waals surface area (Å²) in [4.78, 5) is 31.2. The number of benzene rings is 1. The Morgan fingerprint density at radius 2 is 2.07 bits per heavy atom. The third-order valence-corrected chi connectivity index (χ3v) is 6.81. The van der Waals surface area contributed by atoms with Crippen LogP contribution in [0.15, 0.2) is 29.1 Å². The number of hydrogen-bond acceptors (Lipinski definition) is 4. The van der Waals surface area contributed by atoms with Crippen molar-refractivity contribution in [3.8, 4) is 0 Å². The van der Waals surface area contributed by atoms with Crippen LogP contribution in [-0.4, -0.2) is 15.6 Å². The molecule has 0 saturated heterocycles. The van der Waals surface area contributed by atoms with Crippen molar-refractivity contribution in [2.45, 2.75) is 53.0 Å². The molecule has 152 valence electrons. The first-order valence-corrected chi connectivity index (χ1v) is 11.0. The van der Waals surface area contributed by atoms with E-state index in [4.69, 9.17) is 4.98 Å². The van der Waals surface area contributed by atoms with Crippen LogP contribution in [0.25, 0.3) is 10.2 Å². The van der Waals surface area contributed by atoms with Crippen LogP contribution in [0.1, 0.15) is 43.6 Å². The molecule has 0 saturated carbocycles. The Bertz CT molecular complexity index is 1130. The average Bonchev–Trinajstić information content (AvgIpc) is 2.88. The molecule has 2 aromatic heterocycles. The second kappa shape index (κ2) is 7.99. The molecule has 29 heavy (non-hydrogen) atoms. The Labute approximate surface area is 174 Å². The molecular weight excluding hydrogens is 384 g/mol. The van der Waals surface area contributed by atoms with Gasteiger partial charge in [0, 0.05) is 18.7 Å². The van der Waals surface area contributed by atoms with E-state index in [9.17, 15) is 9.59 Å². The highest BCUT2D eigenvalue weighted by atomic mass is 32.1. The molecule has 7 heteroatoms. The largest absolute Gasteiger partial charge is 0.324 e. The van der Waals surface area contributed by atoms with Gasteiger partial charge in [0.05, 0.1) is 5.39 Å². The molecule has 2 amide bonds. The number of urea groups is 1. The van der Waals surface area contributed by atoms with E-state index < -0.39 is 0 Å². The molecular formula is C22H26N4O2S. The van der Waals surface area contributed by atoms with Crippen LogP contribution in [0.4, 0.5) is 15.5 Å². The maximum Gasteiger partial charge on any atom is 0.324 e. The molecule has 3 aromatic rings. The van der Waals surface area contributed by atoms with Crippen molar-refractivity contribution >= 4 is 38.3 Å². The van der Waals surface area contributed by atoms with Gasteiger partial charge in [-0.1, -0.05) is 43.4 Å². The van der Waals surface area contributed by atoms with Crippen LogP contribution in [0.5, 0.6) is 0 Å². The predicted octanol–water partition coefficient (Wildman–Crippen LogP) is 4.95. The van der Waals surface area contributed by atoms with Gasteiger partial charge in [0.15, 0.2) is 0 Å². The zero-order valence-electron chi connectivity index (χ0n) is 17.0. The van der Waals surface area contributed by atoms with Crippen molar-refractivity contribution in [2.24, 2.45) is 5.92 Å². The number of nitrogens with zero attached hydrogens (tertiary/aromatic N) is 2. The first kappa shape index (κ1) is 19.6. The van der Waals surface area contributed by atoms with Gasteiger partial charge in [-0.05, 0) is 49.3 Å². The van der Waals surface area contributed by atoms with E-state index in [1.807, 2.05) is 35.8 Å². The Balaban J connectivity index is 1.64. The summed E-state index contributed by atoms with van der Waals surface area (Å²) in [7, 11) is 0. The number of thiophene rings is 1. The van der Waals surface area contributed by atoms with Gasteiger partial charge < -0.3 is 5.32 Å². The van der Waals surface area contributed by atoms with Gasteiger partial charge in [-0.2, -0.15) is 0 Å². The van der Waals surface area contributed by atoms with Gasteiger partial charge in [-0.3, -0.25) is 14.7 Å². The average molecular weight is 411 g/mol. The van der Waals surface area contributed by atoms with Gasteiger partial charge in [0.2, 0.25) is 0 Å². The minimum atomic E-state index is -0.309. The zero-order valence-corrected chi connectivity index (χ0v) is 17.9. The Morgan fingerprint density at radius 1 is 1.28 bits per heavy atom. The molecule has 2 N–H and O–H groups in total. The van der Waals surface area contributed by atoms with E-state index in [0.29, 0.717) is 27.7 Å². The number of rotatable bonds is 3. The predicted molar refractivity (Wildman–Crippen MR) is 119 cm³/mol. The van der Waals surface area contributed by atoms with E-state index in [1.54, 1.807) is 0 Å². The molecule has 0 unspecified atom stereocenters. The molecule has 0 bridgehead atoms. The summed E-state index contributed by atoms with van der Waals surface area (Å²) in [5.74, 6) is 1.46. The highest BCUT2D eigenvalue weighted by molar-refractivity contribution is 7.22. The fourth-order valence-corrected chi connectivity index (χ4v) is 4.96. The Hall–Kier alpha value is -2.67. The van der Waals surface area contributed by atoms with Crippen LogP contribution in [-0.2, 0) is 19.4 Å². The van der Waals surface area contributed by atoms with Gasteiger partial charge in [0.1, 0.15) is 15.7 Å². The Morgan fingerprint density at radius 3 is 2.86 bits per heavy atom. The van der Waals surface area contributed by atoms with Crippen molar-refractivity contribution in [3.05, 3.63) is 51.6 Å². The van der Waals surface area contributed by atoms with Crippen molar-refractivity contribution in [1.29, 1.82) is 0 Å². The van der Waals surface area contributed by atoms with Gasteiger partial charge >= 0.3 is 6.03 Å². The molecule has 0 fully saturated rings. The molecule has 0 radical (unpaired) electrons. The second-order valence-corrected chi connectivity index (χ2v) is 8.74. The summed E-state index contributed by atoms with van der Waals surface area (Å²) in [6, 6.07) is 7.44. The fourth-order valence-electron chi connectivity index (χ4n) is 3.88. The standard InChI is InChI=1S/C22H26N4O2S/c1-4-15-7-5-6-8-16(15)23-22(28)25-19-14(3)18-20(29-19)24-17-10-9-13(2)11-12-26(17)21(18)27/h5-8,13H,4,9-12H2,1-3H3,(H2,23,25,28)/t13-/m0/s1. The van der Waals surface area contributed by atoms with E-state index >= 15 is 0 Å². The number of aryl methyl sites for hydroxylation is 3. The SMILES string of the molecule is CCc1ccccc1NC(=O)Nc1sc2nc3n(c(=O)c2c1C)CC[C@@H](C)CC3. The smallest absolute Gasteiger partial charge is 0.307 e. The lowest BCUT2D eigenvalue weighted by Crippen LogP contribution is -2.24. The number of carbonyl (C=O) groups is 1. The lowest BCUT2D eigenvalue weighted by molar-refractivity contribution is 0.262. The second-order valence-electron chi connectivity index (χ2n) is 7.74. The zero-order chi connectivity index (χ0) is 20.5. The number of aromatic nitrogens is 2. The lowest BCUT2D eigenvalue weighted by atomic mass is 10.0. The lowest BCUT2D eigenvalue weighted by Gasteiger charge is -2.10. The monoisotopic (exact) mass is 410 g/mol. The first-order valence-electron chi connectivity index (χ1n) is 10.2. The summed E-state index contributed by atoms with van der Waals surface area (Å²) in [5, 5.41) is 7.13. The summed E-state index contributed by atoms with van der Waals surface area (Å²) >= 11 is 1.37. The molecule has 0 aliphatic carbocycles. The fraction of sp³-hybridized carbons (Fsp3) is 0.409. The number of anilines is 2. The maximum atomic E-state index is 13.1. The number of carbonyl (C=O) groups excluding carboxylic acids is 1. The number of amides is 2. The van der Waals surface area contributed by atoms with E-state index in [-0.39, 0.29) is 11.6 Å². The van der Waals surface area contributed by atoms with Gasteiger partial charge in [-0.15, -0.1) is 0 Å². The van der Waals surface area contributed by atoms with Crippen molar-refractivity contribution in [2.75, 3.05) is 10.6 Å². The molecule has 1 aliphatic rings. The van der Waals surface area contributed by atoms with Gasteiger partial charge in [0.25, 0.3) is 5.56 Å². The summed E-state index contributed by atoms with van der Waals surface area (Å²) in [6.45, 7) is 6.87. The van der Waals surface area contributed by atoms with Crippen LogP contribution in [0.3, 0.4) is 0 Å². The normalized spacial score (nSPS) is 16.3. The summed E-state index contributed by atoms with van der Waals surface area (Å²) in [6.07, 6.45) is 3.70. The molecule has 3 heterocycles. The molecule has 1 atom stereocenters. The molecule has 4 rings (SSSR count). The molecule has 1 aromatic carbocycles.